The van der Waals surface area contributed by atoms with E-state index in [1.54, 1.807) is 6.20 Å². The van der Waals surface area contributed by atoms with Gasteiger partial charge in [0.2, 0.25) is 0 Å². The van der Waals surface area contributed by atoms with Crippen LogP contribution in [-0.2, 0) is 0 Å². The molecule has 0 aliphatic heterocycles. The third-order valence-electron chi connectivity index (χ3n) is 3.07. The first-order chi connectivity index (χ1) is 9.10. The summed E-state index contributed by atoms with van der Waals surface area (Å²) in [6, 6.07) is 8.30. The predicted octanol–water partition coefficient (Wildman–Crippen LogP) is 3.67. The van der Waals surface area contributed by atoms with Gasteiger partial charge in [0, 0.05) is 12.1 Å². The van der Waals surface area contributed by atoms with Crippen LogP contribution < -0.4 is 10.5 Å². The Morgan fingerprint density at radius 1 is 1.32 bits per heavy atom. The van der Waals surface area contributed by atoms with E-state index in [-0.39, 0.29) is 6.04 Å². The number of hydrogen-bond acceptors (Lipinski definition) is 3. The molecule has 1 aromatic carbocycles. The maximum absolute atomic E-state index is 6.03. The van der Waals surface area contributed by atoms with E-state index in [0.29, 0.717) is 6.04 Å². The van der Waals surface area contributed by atoms with E-state index in [0.717, 1.165) is 23.5 Å². The van der Waals surface area contributed by atoms with Gasteiger partial charge in [-0.1, -0.05) is 19.1 Å². The second-order valence-corrected chi connectivity index (χ2v) is 4.94. The van der Waals surface area contributed by atoms with Crippen molar-refractivity contribution < 1.29 is 4.74 Å². The quantitative estimate of drug-likeness (QED) is 0.891. The minimum Gasteiger partial charge on any atom is -0.454 e. The number of nitrogens with zero attached hydrogens (tertiary/aromatic N) is 2. The van der Waals surface area contributed by atoms with Gasteiger partial charge in [-0.25, -0.2) is 0 Å². The van der Waals surface area contributed by atoms with Gasteiger partial charge in [-0.15, -0.1) is 0 Å². The van der Waals surface area contributed by atoms with Crippen molar-refractivity contribution in [1.82, 2.24) is 9.78 Å². The molecule has 4 nitrogen and oxygen atoms in total. The Morgan fingerprint density at radius 3 is 2.74 bits per heavy atom. The first-order valence-electron chi connectivity index (χ1n) is 6.67. The highest BCUT2D eigenvalue weighted by atomic mass is 16.5. The fourth-order valence-corrected chi connectivity index (χ4v) is 1.84. The molecule has 2 N–H and O–H groups in total. The smallest absolute Gasteiger partial charge is 0.165 e. The third-order valence-corrected chi connectivity index (χ3v) is 3.07. The van der Waals surface area contributed by atoms with Crippen LogP contribution in [0.4, 0.5) is 0 Å². The monoisotopic (exact) mass is 259 g/mol. The van der Waals surface area contributed by atoms with E-state index >= 15 is 0 Å². The first-order valence-corrected chi connectivity index (χ1v) is 6.67. The molecule has 1 heterocycles. The van der Waals surface area contributed by atoms with Crippen molar-refractivity contribution in [2.45, 2.75) is 39.3 Å². The fourth-order valence-electron chi connectivity index (χ4n) is 1.84. The van der Waals surface area contributed by atoms with Crippen molar-refractivity contribution in [1.29, 1.82) is 0 Å². The lowest BCUT2D eigenvalue weighted by atomic mass is 10.1. The largest absolute Gasteiger partial charge is 0.454 e. The summed E-state index contributed by atoms with van der Waals surface area (Å²) in [6.45, 7) is 6.24. The summed E-state index contributed by atoms with van der Waals surface area (Å²) < 4.78 is 7.68. The number of rotatable bonds is 5. The molecule has 0 spiro atoms. The first kappa shape index (κ1) is 13.6. The van der Waals surface area contributed by atoms with Gasteiger partial charge >= 0.3 is 0 Å². The van der Waals surface area contributed by atoms with Crippen LogP contribution in [0.1, 0.15) is 44.8 Å². The molecule has 102 valence electrons. The van der Waals surface area contributed by atoms with Crippen LogP contribution in [0, 0.1) is 0 Å². The summed E-state index contributed by atoms with van der Waals surface area (Å²) >= 11 is 0. The lowest BCUT2D eigenvalue weighted by Crippen LogP contribution is -2.08. The molecule has 0 fully saturated rings. The number of aromatic nitrogens is 2. The van der Waals surface area contributed by atoms with Gasteiger partial charge in [-0.3, -0.25) is 4.68 Å². The Balaban J connectivity index is 2.14. The topological polar surface area (TPSA) is 53.1 Å². The Hall–Kier alpha value is -1.81. The van der Waals surface area contributed by atoms with Gasteiger partial charge in [0.05, 0.1) is 12.4 Å². The van der Waals surface area contributed by atoms with Crippen molar-refractivity contribution in [3.8, 4) is 11.5 Å². The van der Waals surface area contributed by atoms with Gasteiger partial charge in [0.15, 0.2) is 5.75 Å². The predicted molar refractivity (Wildman–Crippen MR) is 76.3 cm³/mol. The highest BCUT2D eigenvalue weighted by Gasteiger charge is 2.07. The molecular formula is C15H21N3O. The summed E-state index contributed by atoms with van der Waals surface area (Å²) in [7, 11) is 0. The molecule has 0 bridgehead atoms. The lowest BCUT2D eigenvalue weighted by Gasteiger charge is -2.11. The second-order valence-electron chi connectivity index (χ2n) is 4.94. The lowest BCUT2D eigenvalue weighted by molar-refractivity contribution is 0.475. The standard InChI is InChI=1S/C15H21N3O/c1-4-15(16)12-6-5-7-13(8-12)19-14-9-17-18(10-14)11(2)3/h5-11,15H,4,16H2,1-3H3. The SMILES string of the molecule is CCC(N)c1cccc(Oc2cnn(C(C)C)c2)c1. The summed E-state index contributed by atoms with van der Waals surface area (Å²) in [6.07, 6.45) is 4.54. The van der Waals surface area contributed by atoms with Crippen LogP contribution in [0.5, 0.6) is 11.5 Å². The maximum atomic E-state index is 6.03. The highest BCUT2D eigenvalue weighted by molar-refractivity contribution is 5.33. The Bertz CT molecular complexity index is 534. The molecule has 1 aromatic heterocycles. The molecule has 0 amide bonds. The van der Waals surface area contributed by atoms with Crippen LogP contribution in [0.2, 0.25) is 0 Å². The second kappa shape index (κ2) is 5.89. The van der Waals surface area contributed by atoms with Gasteiger partial charge < -0.3 is 10.5 Å². The van der Waals surface area contributed by atoms with Crippen molar-refractivity contribution >= 4 is 0 Å². The van der Waals surface area contributed by atoms with E-state index in [2.05, 4.69) is 25.9 Å². The van der Waals surface area contributed by atoms with Crippen LogP contribution in [0.25, 0.3) is 0 Å². The Morgan fingerprint density at radius 2 is 2.11 bits per heavy atom. The molecule has 1 atom stereocenters. The molecule has 2 aromatic rings. The molecule has 1 unspecified atom stereocenters. The van der Waals surface area contributed by atoms with Gasteiger partial charge in [-0.05, 0) is 38.0 Å². The minimum atomic E-state index is 0.0573. The van der Waals surface area contributed by atoms with Crippen molar-refractivity contribution in [2.24, 2.45) is 5.73 Å². The van der Waals surface area contributed by atoms with Gasteiger partial charge in [0.25, 0.3) is 0 Å². The molecule has 2 rings (SSSR count). The van der Waals surface area contributed by atoms with Gasteiger partial charge in [-0.2, -0.15) is 5.10 Å². The molecule has 0 saturated carbocycles. The highest BCUT2D eigenvalue weighted by Crippen LogP contribution is 2.25. The van der Waals surface area contributed by atoms with E-state index < -0.39 is 0 Å². The number of hydrogen-bond donors (Lipinski definition) is 1. The van der Waals surface area contributed by atoms with E-state index in [4.69, 9.17) is 10.5 Å². The minimum absolute atomic E-state index is 0.0573. The molecule has 0 radical (unpaired) electrons. The van der Waals surface area contributed by atoms with Crippen LogP contribution in [0.15, 0.2) is 36.7 Å². The Kier molecular flexibility index (Phi) is 4.22. The summed E-state index contributed by atoms with van der Waals surface area (Å²) in [5.74, 6) is 1.54. The van der Waals surface area contributed by atoms with Crippen molar-refractivity contribution in [2.75, 3.05) is 0 Å². The van der Waals surface area contributed by atoms with Gasteiger partial charge in [0.1, 0.15) is 5.75 Å². The zero-order valence-electron chi connectivity index (χ0n) is 11.7. The summed E-state index contributed by atoms with van der Waals surface area (Å²) in [5.41, 5.74) is 7.12. The summed E-state index contributed by atoms with van der Waals surface area (Å²) in [5, 5.41) is 4.25. The van der Waals surface area contributed by atoms with Crippen molar-refractivity contribution in [3.63, 3.8) is 0 Å². The molecule has 19 heavy (non-hydrogen) atoms. The normalized spacial score (nSPS) is 12.7. The van der Waals surface area contributed by atoms with Crippen molar-refractivity contribution in [3.05, 3.63) is 42.2 Å². The van der Waals surface area contributed by atoms with Crippen LogP contribution in [-0.4, -0.2) is 9.78 Å². The number of benzene rings is 1. The summed E-state index contributed by atoms with van der Waals surface area (Å²) in [4.78, 5) is 0. The number of ether oxygens (including phenoxy) is 1. The van der Waals surface area contributed by atoms with E-state index in [1.807, 2.05) is 35.1 Å². The average molecular weight is 259 g/mol. The zero-order valence-corrected chi connectivity index (χ0v) is 11.7. The molecule has 0 saturated heterocycles. The van der Waals surface area contributed by atoms with E-state index in [1.165, 1.54) is 0 Å². The maximum Gasteiger partial charge on any atom is 0.165 e. The van der Waals surface area contributed by atoms with Crippen LogP contribution >= 0.6 is 0 Å². The zero-order chi connectivity index (χ0) is 13.8. The van der Waals surface area contributed by atoms with E-state index in [9.17, 15) is 0 Å². The average Bonchev–Trinajstić information content (AvgIpc) is 2.87. The molecule has 0 aliphatic rings. The van der Waals surface area contributed by atoms with Crippen LogP contribution in [0.3, 0.4) is 0 Å². The Labute approximate surface area is 114 Å². The fraction of sp³-hybridized carbons (Fsp3) is 0.400. The molecular weight excluding hydrogens is 238 g/mol. The molecule has 0 aliphatic carbocycles. The third kappa shape index (κ3) is 3.35. The molecule has 4 heteroatoms. The number of nitrogens with two attached hydrogens (primary N) is 1.